The molecule has 0 spiro atoms. The summed E-state index contributed by atoms with van der Waals surface area (Å²) in [6, 6.07) is 9.09. The highest BCUT2D eigenvalue weighted by Gasteiger charge is 2.38. The normalized spacial score (nSPS) is 15.8. The van der Waals surface area contributed by atoms with Crippen LogP contribution < -0.4 is 9.47 Å². The van der Waals surface area contributed by atoms with Crippen LogP contribution in [0.2, 0.25) is 0 Å². The van der Waals surface area contributed by atoms with E-state index in [-0.39, 0.29) is 47.2 Å². The molecule has 0 saturated heterocycles. The Kier molecular flexibility index (Phi) is 6.91. The number of ketones is 3. The molecule has 0 amide bonds. The number of Topliss-reactive ketones (excluding diaryl/α,β-unsaturated/α-hetero) is 3. The fourth-order valence-corrected chi connectivity index (χ4v) is 3.53. The van der Waals surface area contributed by atoms with Crippen LogP contribution in [0.4, 0.5) is 0 Å². The molecule has 0 fully saturated rings. The van der Waals surface area contributed by atoms with Gasteiger partial charge in [-0.05, 0) is 43.7 Å². The van der Waals surface area contributed by atoms with Crippen LogP contribution in [0.1, 0.15) is 56.9 Å². The number of benzene rings is 2. The van der Waals surface area contributed by atoms with Crippen LogP contribution in [-0.2, 0) is 6.42 Å². The number of hydrogen-bond donors (Lipinski definition) is 2. The number of ether oxygens (including phenoxy) is 2. The van der Waals surface area contributed by atoms with Gasteiger partial charge >= 0.3 is 0 Å². The maximum Gasteiger partial charge on any atom is 0.188 e. The third-order valence-electron chi connectivity index (χ3n) is 5.17. The summed E-state index contributed by atoms with van der Waals surface area (Å²) in [5, 5.41) is 29.6. The lowest BCUT2D eigenvalue weighted by atomic mass is 10.0. The zero-order chi connectivity index (χ0) is 23.4. The highest BCUT2D eigenvalue weighted by molar-refractivity contribution is 6.28. The maximum atomic E-state index is 12.2. The van der Waals surface area contributed by atoms with Crippen molar-refractivity contribution in [2.45, 2.75) is 32.8 Å². The topological polar surface area (TPSA) is 134 Å². The molecule has 2 aromatic carbocycles. The van der Waals surface area contributed by atoms with Crippen molar-refractivity contribution < 1.29 is 34.1 Å². The Hall–Kier alpha value is -3.70. The number of phenolic OH excluding ortho intramolecular Hbond substituents is 1. The Morgan fingerprint density at radius 1 is 1.12 bits per heavy atom. The van der Waals surface area contributed by atoms with Gasteiger partial charge in [0.05, 0.1) is 11.6 Å². The van der Waals surface area contributed by atoms with Crippen molar-refractivity contribution in [3.8, 4) is 23.3 Å². The number of fused-ring (bicyclic) bond motifs is 1. The minimum atomic E-state index is -1.32. The van der Waals surface area contributed by atoms with Gasteiger partial charge in [0, 0.05) is 16.7 Å². The molecule has 0 bridgehead atoms. The first kappa shape index (κ1) is 23.0. The molecule has 0 saturated carbocycles. The minimum absolute atomic E-state index is 0.115. The maximum absolute atomic E-state index is 12.2. The Balaban J connectivity index is 1.63. The predicted octanol–water partition coefficient (Wildman–Crippen LogP) is 2.88. The van der Waals surface area contributed by atoms with Gasteiger partial charge in [0.1, 0.15) is 36.6 Å². The summed E-state index contributed by atoms with van der Waals surface area (Å²) in [5.74, 6) is -2.11. The number of aliphatic hydroxyl groups is 1. The molecule has 8 heteroatoms. The van der Waals surface area contributed by atoms with E-state index in [1.807, 2.05) is 6.92 Å². The Morgan fingerprint density at radius 2 is 1.81 bits per heavy atom. The van der Waals surface area contributed by atoms with E-state index >= 15 is 0 Å². The standard InChI is InChI=1S/C24H23NO7/c1-3-4-18-21(8-7-16(13(2)26)22(18)28)32-12-14(27)11-31-15-5-6-17-19(9-15)24(30)20(10-25)23(17)29/h5-9,14,20,27-28H,3-4,11-12H2,1-2H3. The molecule has 32 heavy (non-hydrogen) atoms. The molecule has 0 aliphatic heterocycles. The molecular weight excluding hydrogens is 414 g/mol. The van der Waals surface area contributed by atoms with Gasteiger partial charge in [0.25, 0.3) is 0 Å². The summed E-state index contributed by atoms with van der Waals surface area (Å²) < 4.78 is 11.2. The number of aliphatic hydroxyl groups excluding tert-OH is 1. The number of rotatable bonds is 9. The lowest BCUT2D eigenvalue weighted by Gasteiger charge is -2.17. The van der Waals surface area contributed by atoms with E-state index in [9.17, 15) is 24.6 Å². The number of aromatic hydroxyl groups is 1. The minimum Gasteiger partial charge on any atom is -0.507 e. The average Bonchev–Trinajstić information content (AvgIpc) is 3.01. The van der Waals surface area contributed by atoms with Crippen molar-refractivity contribution in [3.63, 3.8) is 0 Å². The van der Waals surface area contributed by atoms with Crippen molar-refractivity contribution in [3.05, 3.63) is 52.6 Å². The van der Waals surface area contributed by atoms with Crippen LogP contribution in [0.15, 0.2) is 30.3 Å². The molecule has 8 nitrogen and oxygen atoms in total. The van der Waals surface area contributed by atoms with Crippen molar-refractivity contribution in [1.82, 2.24) is 0 Å². The Bertz CT molecular complexity index is 1120. The molecule has 3 rings (SSSR count). The van der Waals surface area contributed by atoms with Crippen LogP contribution in [-0.4, -0.2) is 46.9 Å². The first-order valence-corrected chi connectivity index (χ1v) is 10.2. The average molecular weight is 437 g/mol. The predicted molar refractivity (Wildman–Crippen MR) is 113 cm³/mol. The van der Waals surface area contributed by atoms with E-state index < -0.39 is 23.6 Å². The second-order valence-electron chi connectivity index (χ2n) is 7.52. The molecule has 0 heterocycles. The fourth-order valence-electron chi connectivity index (χ4n) is 3.53. The fraction of sp³-hybridized carbons (Fsp3) is 0.333. The van der Waals surface area contributed by atoms with Gasteiger partial charge in [0.15, 0.2) is 23.3 Å². The lowest BCUT2D eigenvalue weighted by Crippen LogP contribution is -2.25. The Labute approximate surface area is 185 Å². The highest BCUT2D eigenvalue weighted by atomic mass is 16.5. The summed E-state index contributed by atoms with van der Waals surface area (Å²) in [5.41, 5.74) is 1.04. The zero-order valence-corrected chi connectivity index (χ0v) is 17.8. The van der Waals surface area contributed by atoms with E-state index in [1.54, 1.807) is 12.1 Å². The first-order chi connectivity index (χ1) is 15.3. The summed E-state index contributed by atoms with van der Waals surface area (Å²) in [4.78, 5) is 35.8. The van der Waals surface area contributed by atoms with Crippen LogP contribution in [0, 0.1) is 17.2 Å². The third-order valence-corrected chi connectivity index (χ3v) is 5.17. The molecular formula is C24H23NO7. The number of nitriles is 1. The summed E-state index contributed by atoms with van der Waals surface area (Å²) in [7, 11) is 0. The second-order valence-corrected chi connectivity index (χ2v) is 7.52. The molecule has 2 unspecified atom stereocenters. The van der Waals surface area contributed by atoms with E-state index in [4.69, 9.17) is 14.7 Å². The lowest BCUT2D eigenvalue weighted by molar-refractivity contribution is 0.0621. The first-order valence-electron chi connectivity index (χ1n) is 10.2. The van der Waals surface area contributed by atoms with E-state index in [0.29, 0.717) is 17.7 Å². The number of nitrogens with zero attached hydrogens (tertiary/aromatic N) is 1. The summed E-state index contributed by atoms with van der Waals surface area (Å²) in [6.45, 7) is 3.02. The molecule has 2 N–H and O–H groups in total. The zero-order valence-electron chi connectivity index (χ0n) is 17.8. The van der Waals surface area contributed by atoms with Gasteiger partial charge in [0.2, 0.25) is 0 Å². The van der Waals surface area contributed by atoms with Crippen LogP contribution in [0.25, 0.3) is 0 Å². The van der Waals surface area contributed by atoms with Crippen molar-refractivity contribution in [2.75, 3.05) is 13.2 Å². The number of carbonyl (C=O) groups is 3. The van der Waals surface area contributed by atoms with Crippen LogP contribution in [0.5, 0.6) is 17.2 Å². The summed E-state index contributed by atoms with van der Waals surface area (Å²) in [6.07, 6.45) is 0.195. The Morgan fingerprint density at radius 3 is 2.47 bits per heavy atom. The SMILES string of the molecule is CCCc1c(OCC(O)COc2ccc3c(c2)C(=O)C(C#N)C3=O)ccc(C(C)=O)c1O. The van der Waals surface area contributed by atoms with E-state index in [0.717, 1.165) is 6.42 Å². The third kappa shape index (κ3) is 4.48. The number of carbonyl (C=O) groups excluding carboxylic acids is 3. The van der Waals surface area contributed by atoms with Gasteiger partial charge in [-0.1, -0.05) is 13.3 Å². The van der Waals surface area contributed by atoms with Crippen molar-refractivity contribution in [1.29, 1.82) is 5.26 Å². The highest BCUT2D eigenvalue weighted by Crippen LogP contribution is 2.33. The van der Waals surface area contributed by atoms with E-state index in [2.05, 4.69) is 0 Å². The van der Waals surface area contributed by atoms with Gasteiger partial charge in [-0.25, -0.2) is 0 Å². The van der Waals surface area contributed by atoms with Gasteiger partial charge in [-0.15, -0.1) is 0 Å². The number of hydrogen-bond acceptors (Lipinski definition) is 8. The van der Waals surface area contributed by atoms with E-state index in [1.165, 1.54) is 31.2 Å². The molecule has 2 aromatic rings. The van der Waals surface area contributed by atoms with Crippen LogP contribution in [0.3, 0.4) is 0 Å². The smallest absolute Gasteiger partial charge is 0.188 e. The van der Waals surface area contributed by atoms with Crippen molar-refractivity contribution in [2.24, 2.45) is 5.92 Å². The molecule has 0 aromatic heterocycles. The number of phenols is 1. The quantitative estimate of drug-likeness (QED) is 0.452. The molecule has 2 atom stereocenters. The van der Waals surface area contributed by atoms with Crippen molar-refractivity contribution >= 4 is 17.3 Å². The second kappa shape index (κ2) is 9.62. The molecule has 1 aliphatic rings. The monoisotopic (exact) mass is 437 g/mol. The van der Waals surface area contributed by atoms with Gasteiger partial charge in [-0.2, -0.15) is 5.26 Å². The molecule has 1 aliphatic carbocycles. The van der Waals surface area contributed by atoms with Gasteiger partial charge < -0.3 is 19.7 Å². The largest absolute Gasteiger partial charge is 0.507 e. The molecule has 166 valence electrons. The van der Waals surface area contributed by atoms with Gasteiger partial charge in [-0.3, -0.25) is 14.4 Å². The summed E-state index contributed by atoms with van der Waals surface area (Å²) >= 11 is 0. The van der Waals surface area contributed by atoms with Crippen LogP contribution >= 0.6 is 0 Å². The molecule has 0 radical (unpaired) electrons.